The van der Waals surface area contributed by atoms with E-state index in [4.69, 9.17) is 9.84 Å². The van der Waals surface area contributed by atoms with Crippen molar-refractivity contribution >= 4 is 6.03 Å². The highest BCUT2D eigenvalue weighted by Gasteiger charge is 2.17. The van der Waals surface area contributed by atoms with Crippen molar-refractivity contribution in [3.8, 4) is 5.75 Å². The van der Waals surface area contributed by atoms with Crippen molar-refractivity contribution in [3.05, 3.63) is 29.8 Å². The van der Waals surface area contributed by atoms with Crippen LogP contribution in [0.25, 0.3) is 0 Å². The van der Waals surface area contributed by atoms with Crippen LogP contribution in [0.3, 0.4) is 0 Å². The number of urea groups is 1. The summed E-state index contributed by atoms with van der Waals surface area (Å²) in [5.74, 6) is 0.820. The number of hydrogen-bond acceptors (Lipinski definition) is 3. The number of benzene rings is 1. The van der Waals surface area contributed by atoms with Gasteiger partial charge >= 0.3 is 6.03 Å². The van der Waals surface area contributed by atoms with Crippen LogP contribution in [0.2, 0.25) is 0 Å². The van der Waals surface area contributed by atoms with Gasteiger partial charge in [-0.05, 0) is 38.5 Å². The van der Waals surface area contributed by atoms with Crippen molar-refractivity contribution in [2.45, 2.75) is 32.9 Å². The number of carbonyl (C=O) groups is 1. The lowest BCUT2D eigenvalue weighted by Crippen LogP contribution is -2.44. The van der Waals surface area contributed by atoms with Crippen molar-refractivity contribution in [1.29, 1.82) is 0 Å². The molecule has 0 radical (unpaired) electrons. The first-order valence-corrected chi connectivity index (χ1v) is 6.86. The number of aliphatic hydroxyl groups is 1. The van der Waals surface area contributed by atoms with Gasteiger partial charge in [0.25, 0.3) is 0 Å². The molecule has 112 valence electrons. The molecular formula is C15H24N2O3. The molecule has 0 aliphatic heterocycles. The van der Waals surface area contributed by atoms with Crippen molar-refractivity contribution in [2.24, 2.45) is 0 Å². The monoisotopic (exact) mass is 280 g/mol. The second kappa shape index (κ2) is 7.75. The third kappa shape index (κ3) is 4.42. The largest absolute Gasteiger partial charge is 0.494 e. The van der Waals surface area contributed by atoms with Crippen LogP contribution in [-0.2, 0) is 0 Å². The van der Waals surface area contributed by atoms with E-state index in [9.17, 15) is 4.79 Å². The van der Waals surface area contributed by atoms with E-state index in [0.29, 0.717) is 6.61 Å². The third-order valence-electron chi connectivity index (χ3n) is 3.28. The molecule has 0 heterocycles. The number of likely N-dealkylation sites (N-methyl/N-ethyl adjacent to an activating group) is 1. The maximum absolute atomic E-state index is 12.0. The van der Waals surface area contributed by atoms with Crippen LogP contribution < -0.4 is 10.1 Å². The van der Waals surface area contributed by atoms with E-state index in [1.54, 1.807) is 14.0 Å². The van der Waals surface area contributed by atoms with Crippen molar-refractivity contribution in [2.75, 3.05) is 20.3 Å². The Morgan fingerprint density at radius 1 is 1.35 bits per heavy atom. The highest BCUT2D eigenvalue weighted by atomic mass is 16.5. The van der Waals surface area contributed by atoms with Crippen LogP contribution in [0, 0.1) is 0 Å². The number of rotatable bonds is 6. The molecule has 0 fully saturated rings. The second-order valence-electron chi connectivity index (χ2n) is 4.82. The van der Waals surface area contributed by atoms with Crippen LogP contribution in [0.15, 0.2) is 24.3 Å². The molecule has 1 aromatic rings. The summed E-state index contributed by atoms with van der Waals surface area (Å²) in [7, 11) is 1.67. The Hall–Kier alpha value is -1.75. The molecule has 0 saturated carbocycles. The van der Waals surface area contributed by atoms with Gasteiger partial charge in [0.15, 0.2) is 0 Å². The molecule has 2 unspecified atom stereocenters. The average Bonchev–Trinajstić information content (AvgIpc) is 2.46. The highest BCUT2D eigenvalue weighted by Crippen LogP contribution is 2.17. The number of carbonyl (C=O) groups excluding carboxylic acids is 1. The molecule has 5 heteroatoms. The Bertz CT molecular complexity index is 420. The van der Waals surface area contributed by atoms with Gasteiger partial charge in [0.2, 0.25) is 0 Å². The SMILES string of the molecule is CCOc1ccc(C(C)NC(=O)N(C)C(C)CO)cc1. The van der Waals surface area contributed by atoms with Gasteiger partial charge in [-0.3, -0.25) is 0 Å². The molecule has 0 aliphatic rings. The smallest absolute Gasteiger partial charge is 0.317 e. The van der Waals surface area contributed by atoms with Gasteiger partial charge in [-0.2, -0.15) is 0 Å². The molecule has 2 amide bonds. The lowest BCUT2D eigenvalue weighted by molar-refractivity contribution is 0.155. The predicted molar refractivity (Wildman–Crippen MR) is 78.9 cm³/mol. The molecule has 5 nitrogen and oxygen atoms in total. The molecule has 2 N–H and O–H groups in total. The summed E-state index contributed by atoms with van der Waals surface area (Å²) < 4.78 is 5.38. The van der Waals surface area contributed by atoms with Crippen LogP contribution in [0.1, 0.15) is 32.4 Å². The number of nitrogens with zero attached hydrogens (tertiary/aromatic N) is 1. The Morgan fingerprint density at radius 3 is 2.45 bits per heavy atom. The number of amides is 2. The summed E-state index contributed by atoms with van der Waals surface area (Å²) >= 11 is 0. The molecule has 1 aromatic carbocycles. The maximum atomic E-state index is 12.0. The van der Waals surface area contributed by atoms with E-state index in [1.165, 1.54) is 4.90 Å². The number of nitrogens with one attached hydrogen (secondary N) is 1. The Morgan fingerprint density at radius 2 is 1.95 bits per heavy atom. The highest BCUT2D eigenvalue weighted by molar-refractivity contribution is 5.74. The van der Waals surface area contributed by atoms with Crippen LogP contribution in [0.4, 0.5) is 4.79 Å². The fourth-order valence-corrected chi connectivity index (χ4v) is 1.71. The number of hydrogen-bond donors (Lipinski definition) is 2. The molecule has 0 aliphatic carbocycles. The summed E-state index contributed by atoms with van der Waals surface area (Å²) in [6.07, 6.45) is 0. The predicted octanol–water partition coefficient (Wildman–Crippen LogP) is 2.17. The van der Waals surface area contributed by atoms with E-state index >= 15 is 0 Å². The first-order valence-electron chi connectivity index (χ1n) is 6.86. The summed E-state index contributed by atoms with van der Waals surface area (Å²) in [5, 5.41) is 11.9. The van der Waals surface area contributed by atoms with E-state index in [0.717, 1.165) is 11.3 Å². The zero-order valence-electron chi connectivity index (χ0n) is 12.6. The molecule has 0 saturated heterocycles. The minimum absolute atomic E-state index is 0.0542. The van der Waals surface area contributed by atoms with Crippen molar-refractivity contribution in [1.82, 2.24) is 10.2 Å². The molecule has 0 aromatic heterocycles. The Kier molecular flexibility index (Phi) is 6.31. The fraction of sp³-hybridized carbons (Fsp3) is 0.533. The molecule has 0 bridgehead atoms. The Labute approximate surface area is 120 Å². The fourth-order valence-electron chi connectivity index (χ4n) is 1.71. The van der Waals surface area contributed by atoms with Gasteiger partial charge in [-0.15, -0.1) is 0 Å². The standard InChI is InChI=1S/C15H24N2O3/c1-5-20-14-8-6-13(7-9-14)12(3)16-15(19)17(4)11(2)10-18/h6-9,11-12,18H,5,10H2,1-4H3,(H,16,19). The van der Waals surface area contributed by atoms with Gasteiger partial charge in [0, 0.05) is 7.05 Å². The van der Waals surface area contributed by atoms with Gasteiger partial charge in [0.05, 0.1) is 25.3 Å². The first-order chi connectivity index (χ1) is 9.49. The topological polar surface area (TPSA) is 61.8 Å². The number of ether oxygens (including phenoxy) is 1. The first kappa shape index (κ1) is 16.3. The van der Waals surface area contributed by atoms with Gasteiger partial charge < -0.3 is 20.1 Å². The molecule has 2 atom stereocenters. The lowest BCUT2D eigenvalue weighted by Gasteiger charge is -2.25. The van der Waals surface area contributed by atoms with E-state index in [2.05, 4.69) is 5.32 Å². The van der Waals surface area contributed by atoms with E-state index in [1.807, 2.05) is 38.1 Å². The molecule has 20 heavy (non-hydrogen) atoms. The summed E-state index contributed by atoms with van der Waals surface area (Å²) in [6.45, 7) is 6.23. The normalized spacial score (nSPS) is 13.4. The average molecular weight is 280 g/mol. The van der Waals surface area contributed by atoms with Crippen LogP contribution in [0.5, 0.6) is 5.75 Å². The number of aliphatic hydroxyl groups excluding tert-OH is 1. The summed E-state index contributed by atoms with van der Waals surface area (Å²) in [6, 6.07) is 7.14. The van der Waals surface area contributed by atoms with E-state index < -0.39 is 0 Å². The van der Waals surface area contributed by atoms with Crippen LogP contribution >= 0.6 is 0 Å². The molecule has 1 rings (SSSR count). The maximum Gasteiger partial charge on any atom is 0.317 e. The third-order valence-corrected chi connectivity index (χ3v) is 3.28. The zero-order chi connectivity index (χ0) is 15.1. The Balaban J connectivity index is 2.61. The van der Waals surface area contributed by atoms with Gasteiger partial charge in [0.1, 0.15) is 5.75 Å². The van der Waals surface area contributed by atoms with Gasteiger partial charge in [-0.1, -0.05) is 12.1 Å². The molecule has 0 spiro atoms. The minimum Gasteiger partial charge on any atom is -0.494 e. The zero-order valence-corrected chi connectivity index (χ0v) is 12.6. The van der Waals surface area contributed by atoms with Crippen LogP contribution in [-0.4, -0.2) is 42.3 Å². The van der Waals surface area contributed by atoms with Crippen molar-refractivity contribution in [3.63, 3.8) is 0 Å². The van der Waals surface area contributed by atoms with E-state index in [-0.39, 0.29) is 24.7 Å². The minimum atomic E-state index is -0.206. The molecular weight excluding hydrogens is 256 g/mol. The quantitative estimate of drug-likeness (QED) is 0.839. The summed E-state index contributed by atoms with van der Waals surface area (Å²) in [5.41, 5.74) is 1.01. The van der Waals surface area contributed by atoms with Crippen molar-refractivity contribution < 1.29 is 14.6 Å². The summed E-state index contributed by atoms with van der Waals surface area (Å²) in [4.78, 5) is 13.5. The van der Waals surface area contributed by atoms with Gasteiger partial charge in [-0.25, -0.2) is 4.79 Å². The lowest BCUT2D eigenvalue weighted by atomic mass is 10.1. The second-order valence-corrected chi connectivity index (χ2v) is 4.82.